The summed E-state index contributed by atoms with van der Waals surface area (Å²) in [6.45, 7) is 6.86. The zero-order chi connectivity index (χ0) is 16.6. The van der Waals surface area contributed by atoms with Crippen molar-refractivity contribution in [3.63, 3.8) is 0 Å². The summed E-state index contributed by atoms with van der Waals surface area (Å²) in [7, 11) is 0. The Balaban J connectivity index is 0.00000208. The van der Waals surface area contributed by atoms with Crippen molar-refractivity contribution in [2.75, 3.05) is 12.3 Å². The van der Waals surface area contributed by atoms with E-state index in [1.165, 1.54) is 0 Å². The van der Waals surface area contributed by atoms with E-state index in [1.54, 1.807) is 13.8 Å². The number of nitrogens with zero attached hydrogens (tertiary/aromatic N) is 3. The molecule has 0 bridgehead atoms. The Morgan fingerprint density at radius 3 is 2.62 bits per heavy atom. The molecule has 3 aromatic rings. The first-order chi connectivity index (χ1) is 10.9. The standard InChI is InChI=1S/C17H22N4O2.ClH/c1-4-23-9-13-20-14-15(21(13)10-17(2,3)22)11-7-5-6-8-12(11)19-16(14)18;/h5-8,22H,4,9-10H2,1-3H3,(H2,18,19);1H. The van der Waals surface area contributed by atoms with Crippen molar-refractivity contribution in [2.24, 2.45) is 0 Å². The molecule has 0 radical (unpaired) electrons. The topological polar surface area (TPSA) is 86.2 Å². The lowest BCUT2D eigenvalue weighted by Crippen LogP contribution is -2.27. The van der Waals surface area contributed by atoms with Crippen LogP contribution in [0.25, 0.3) is 21.9 Å². The van der Waals surface area contributed by atoms with Gasteiger partial charge in [-0.1, -0.05) is 18.2 Å². The Hall–Kier alpha value is -1.89. The van der Waals surface area contributed by atoms with Crippen LogP contribution in [0.1, 0.15) is 26.6 Å². The molecule has 6 nitrogen and oxygen atoms in total. The van der Waals surface area contributed by atoms with Gasteiger partial charge in [0.05, 0.1) is 23.2 Å². The second kappa shape index (κ2) is 6.93. The normalized spacial score (nSPS) is 11.8. The number of para-hydroxylation sites is 1. The van der Waals surface area contributed by atoms with E-state index in [0.717, 1.165) is 22.2 Å². The number of hydrogen-bond acceptors (Lipinski definition) is 5. The van der Waals surface area contributed by atoms with Crippen molar-refractivity contribution in [3.05, 3.63) is 30.1 Å². The van der Waals surface area contributed by atoms with Crippen LogP contribution in [0.4, 0.5) is 5.82 Å². The molecular formula is C17H23ClN4O2. The van der Waals surface area contributed by atoms with Crippen molar-refractivity contribution < 1.29 is 9.84 Å². The van der Waals surface area contributed by atoms with E-state index in [0.29, 0.717) is 31.1 Å². The van der Waals surface area contributed by atoms with E-state index in [9.17, 15) is 5.11 Å². The molecule has 2 heterocycles. The Kier molecular flexibility index (Phi) is 5.32. The van der Waals surface area contributed by atoms with Gasteiger partial charge in [-0.2, -0.15) is 0 Å². The molecular weight excluding hydrogens is 328 g/mol. The van der Waals surface area contributed by atoms with Gasteiger partial charge in [-0.15, -0.1) is 12.4 Å². The highest BCUT2D eigenvalue weighted by Crippen LogP contribution is 2.30. The summed E-state index contributed by atoms with van der Waals surface area (Å²) in [5.74, 6) is 1.14. The molecule has 0 spiro atoms. The first-order valence-electron chi connectivity index (χ1n) is 7.74. The highest BCUT2D eigenvalue weighted by Gasteiger charge is 2.22. The lowest BCUT2D eigenvalue weighted by atomic mass is 10.1. The number of hydrogen-bond donors (Lipinski definition) is 2. The number of halogens is 1. The maximum Gasteiger partial charge on any atom is 0.152 e. The summed E-state index contributed by atoms with van der Waals surface area (Å²) < 4.78 is 7.52. The van der Waals surface area contributed by atoms with Gasteiger partial charge in [-0.05, 0) is 26.8 Å². The molecule has 0 saturated carbocycles. The molecule has 0 saturated heterocycles. The summed E-state index contributed by atoms with van der Waals surface area (Å²) in [6, 6.07) is 7.81. The summed E-state index contributed by atoms with van der Waals surface area (Å²) >= 11 is 0. The fraction of sp³-hybridized carbons (Fsp3) is 0.412. The largest absolute Gasteiger partial charge is 0.389 e. The third kappa shape index (κ3) is 3.45. The highest BCUT2D eigenvalue weighted by atomic mass is 35.5. The predicted octanol–water partition coefficient (Wildman–Crippen LogP) is 2.90. The number of nitrogens with two attached hydrogens (primary N) is 1. The van der Waals surface area contributed by atoms with Crippen LogP contribution in [0, 0.1) is 0 Å². The number of fused-ring (bicyclic) bond motifs is 3. The van der Waals surface area contributed by atoms with Crippen LogP contribution in [0.5, 0.6) is 0 Å². The van der Waals surface area contributed by atoms with E-state index in [4.69, 9.17) is 10.5 Å². The van der Waals surface area contributed by atoms with Crippen molar-refractivity contribution >= 4 is 40.2 Å². The fourth-order valence-corrected chi connectivity index (χ4v) is 2.77. The summed E-state index contributed by atoms with van der Waals surface area (Å²) in [5.41, 5.74) is 7.59. The number of rotatable bonds is 5. The molecule has 0 atom stereocenters. The van der Waals surface area contributed by atoms with Gasteiger partial charge in [0, 0.05) is 12.0 Å². The molecule has 0 aliphatic rings. The van der Waals surface area contributed by atoms with Gasteiger partial charge >= 0.3 is 0 Å². The molecule has 0 unspecified atom stereocenters. The number of imidazole rings is 1. The third-order valence-electron chi connectivity index (χ3n) is 3.67. The number of nitrogen functional groups attached to an aromatic ring is 1. The molecule has 3 rings (SSSR count). The maximum absolute atomic E-state index is 10.3. The number of ether oxygens (including phenoxy) is 1. The Morgan fingerprint density at radius 2 is 1.96 bits per heavy atom. The van der Waals surface area contributed by atoms with Crippen molar-refractivity contribution in [2.45, 2.75) is 39.5 Å². The molecule has 0 fully saturated rings. The minimum absolute atomic E-state index is 0. The second-order valence-electron chi connectivity index (χ2n) is 6.28. The monoisotopic (exact) mass is 350 g/mol. The van der Waals surface area contributed by atoms with E-state index < -0.39 is 5.60 Å². The first-order valence-corrected chi connectivity index (χ1v) is 7.74. The molecule has 7 heteroatoms. The van der Waals surface area contributed by atoms with Gasteiger partial charge < -0.3 is 20.1 Å². The minimum atomic E-state index is -0.881. The lowest BCUT2D eigenvalue weighted by Gasteiger charge is -2.20. The number of aliphatic hydroxyl groups is 1. The van der Waals surface area contributed by atoms with Crippen molar-refractivity contribution in [3.8, 4) is 0 Å². The summed E-state index contributed by atoms with van der Waals surface area (Å²) in [5, 5.41) is 11.3. The Labute approximate surface area is 147 Å². The third-order valence-corrected chi connectivity index (χ3v) is 3.67. The van der Waals surface area contributed by atoms with Crippen LogP contribution in [0.15, 0.2) is 24.3 Å². The molecule has 24 heavy (non-hydrogen) atoms. The number of pyridine rings is 1. The fourth-order valence-electron chi connectivity index (χ4n) is 2.77. The van der Waals surface area contributed by atoms with Gasteiger partial charge in [-0.3, -0.25) is 0 Å². The highest BCUT2D eigenvalue weighted by molar-refractivity contribution is 6.06. The lowest BCUT2D eigenvalue weighted by molar-refractivity contribution is 0.0582. The molecule has 0 amide bonds. The van der Waals surface area contributed by atoms with Gasteiger partial charge in [0.15, 0.2) is 5.82 Å². The van der Waals surface area contributed by atoms with Gasteiger partial charge in [0.25, 0.3) is 0 Å². The summed E-state index contributed by atoms with van der Waals surface area (Å²) in [6.07, 6.45) is 0. The van der Waals surface area contributed by atoms with E-state index in [-0.39, 0.29) is 12.4 Å². The average Bonchev–Trinajstić information content (AvgIpc) is 2.83. The van der Waals surface area contributed by atoms with Crippen LogP contribution in [0.3, 0.4) is 0 Å². The molecule has 0 aliphatic carbocycles. The van der Waals surface area contributed by atoms with Crippen LogP contribution in [-0.2, 0) is 17.9 Å². The molecule has 0 aliphatic heterocycles. The van der Waals surface area contributed by atoms with E-state index in [2.05, 4.69) is 9.97 Å². The smallest absolute Gasteiger partial charge is 0.152 e. The van der Waals surface area contributed by atoms with Crippen LogP contribution >= 0.6 is 12.4 Å². The van der Waals surface area contributed by atoms with Crippen LogP contribution in [-0.4, -0.2) is 31.8 Å². The quantitative estimate of drug-likeness (QED) is 0.738. The van der Waals surface area contributed by atoms with E-state index >= 15 is 0 Å². The molecule has 1 aromatic carbocycles. The SMILES string of the molecule is CCOCc1nc2c(N)nc3ccccc3c2n1CC(C)(C)O.Cl. The van der Waals surface area contributed by atoms with Crippen LogP contribution < -0.4 is 5.73 Å². The first kappa shape index (κ1) is 18.4. The van der Waals surface area contributed by atoms with Gasteiger partial charge in [0.1, 0.15) is 17.9 Å². The van der Waals surface area contributed by atoms with Gasteiger partial charge in [-0.25, -0.2) is 9.97 Å². The minimum Gasteiger partial charge on any atom is -0.389 e. The van der Waals surface area contributed by atoms with Crippen molar-refractivity contribution in [1.29, 1.82) is 0 Å². The number of anilines is 1. The summed E-state index contributed by atoms with van der Waals surface area (Å²) in [4.78, 5) is 9.06. The number of benzene rings is 1. The predicted molar refractivity (Wildman–Crippen MR) is 98.3 cm³/mol. The molecule has 2 aromatic heterocycles. The van der Waals surface area contributed by atoms with Gasteiger partial charge in [0.2, 0.25) is 0 Å². The van der Waals surface area contributed by atoms with Crippen LogP contribution in [0.2, 0.25) is 0 Å². The average molecular weight is 351 g/mol. The Bertz CT molecular complexity index is 855. The second-order valence-corrected chi connectivity index (χ2v) is 6.28. The maximum atomic E-state index is 10.3. The number of aromatic nitrogens is 3. The zero-order valence-electron chi connectivity index (χ0n) is 14.1. The Morgan fingerprint density at radius 1 is 1.25 bits per heavy atom. The van der Waals surface area contributed by atoms with E-state index in [1.807, 2.05) is 35.8 Å². The van der Waals surface area contributed by atoms with Crippen molar-refractivity contribution in [1.82, 2.24) is 14.5 Å². The molecule has 3 N–H and O–H groups in total. The molecule has 130 valence electrons. The zero-order valence-corrected chi connectivity index (χ0v) is 14.9.